The normalized spacial score (nSPS) is 20.1. The van der Waals surface area contributed by atoms with E-state index in [1.165, 1.54) is 0 Å². The lowest BCUT2D eigenvalue weighted by molar-refractivity contribution is 0.0564. The monoisotopic (exact) mass is 460 g/mol. The van der Waals surface area contributed by atoms with Crippen LogP contribution >= 0.6 is 0 Å². The number of carbonyl (C=O) groups is 1. The summed E-state index contributed by atoms with van der Waals surface area (Å²) in [6.07, 6.45) is 6.19. The van der Waals surface area contributed by atoms with E-state index in [2.05, 4.69) is 20.0 Å². The minimum absolute atomic E-state index is 0.0113. The lowest BCUT2D eigenvalue weighted by Gasteiger charge is -2.46. The van der Waals surface area contributed by atoms with Crippen molar-refractivity contribution in [1.82, 2.24) is 24.6 Å². The van der Waals surface area contributed by atoms with Crippen LogP contribution in [0.5, 0.6) is 0 Å². The van der Waals surface area contributed by atoms with Gasteiger partial charge in [-0.1, -0.05) is 12.1 Å². The molecule has 2 unspecified atom stereocenters. The van der Waals surface area contributed by atoms with Crippen molar-refractivity contribution in [3.8, 4) is 5.69 Å². The average molecular weight is 460 g/mol. The predicted octanol–water partition coefficient (Wildman–Crippen LogP) is 3.69. The van der Waals surface area contributed by atoms with Crippen molar-refractivity contribution in [3.63, 3.8) is 0 Å². The molecule has 0 radical (unpaired) electrons. The molecule has 2 fully saturated rings. The number of amides is 1. The Labute approximate surface area is 194 Å². The van der Waals surface area contributed by atoms with Crippen molar-refractivity contribution < 1.29 is 13.6 Å². The second-order valence-electron chi connectivity index (χ2n) is 9.03. The van der Waals surface area contributed by atoms with Gasteiger partial charge >= 0.3 is 0 Å². The number of anilines is 1. The fourth-order valence-corrected chi connectivity index (χ4v) is 5.22. The van der Waals surface area contributed by atoms with E-state index in [9.17, 15) is 13.6 Å². The van der Waals surface area contributed by atoms with E-state index in [-0.39, 0.29) is 17.7 Å². The van der Waals surface area contributed by atoms with Gasteiger partial charge in [0.05, 0.1) is 28.5 Å². The van der Waals surface area contributed by atoms with E-state index in [1.54, 1.807) is 17.1 Å². The maximum absolute atomic E-state index is 13.7. The van der Waals surface area contributed by atoms with Crippen molar-refractivity contribution >= 4 is 22.8 Å². The lowest BCUT2D eigenvalue weighted by atomic mass is 9.84. The maximum Gasteiger partial charge on any atom is 0.256 e. The molecule has 2 aliphatic rings. The molecule has 0 saturated carbocycles. The predicted molar refractivity (Wildman–Crippen MR) is 123 cm³/mol. The van der Waals surface area contributed by atoms with Crippen molar-refractivity contribution in [2.75, 3.05) is 31.1 Å². The van der Waals surface area contributed by atoms with Crippen LogP contribution < -0.4 is 4.90 Å². The number of likely N-dealkylation sites (tertiary alicyclic amines) is 1. The van der Waals surface area contributed by atoms with Crippen LogP contribution in [-0.2, 0) is 0 Å². The average Bonchev–Trinajstić information content (AvgIpc) is 3.38. The van der Waals surface area contributed by atoms with Crippen LogP contribution in [0.15, 0.2) is 61.1 Å². The number of rotatable bonds is 3. The van der Waals surface area contributed by atoms with Crippen molar-refractivity contribution in [2.45, 2.75) is 6.42 Å². The molecule has 2 aromatic heterocycles. The van der Waals surface area contributed by atoms with Crippen molar-refractivity contribution in [3.05, 3.63) is 78.3 Å². The van der Waals surface area contributed by atoms with Crippen LogP contribution in [0.2, 0.25) is 0 Å². The summed E-state index contributed by atoms with van der Waals surface area (Å²) in [5, 5.41) is 4.29. The molecule has 0 aliphatic carbocycles. The molecule has 2 saturated heterocycles. The first kappa shape index (κ1) is 20.7. The largest absolute Gasteiger partial charge is 0.355 e. The van der Waals surface area contributed by atoms with Gasteiger partial charge in [-0.2, -0.15) is 5.10 Å². The summed E-state index contributed by atoms with van der Waals surface area (Å²) in [7, 11) is 0. The Morgan fingerprint density at radius 3 is 2.41 bits per heavy atom. The molecule has 1 amide bonds. The van der Waals surface area contributed by atoms with Gasteiger partial charge in [-0.3, -0.25) is 9.78 Å². The third-order valence-electron chi connectivity index (χ3n) is 6.65. The van der Waals surface area contributed by atoms with E-state index >= 15 is 0 Å². The van der Waals surface area contributed by atoms with Gasteiger partial charge in [0.15, 0.2) is 11.6 Å². The number of hydrogen-bond acceptors (Lipinski definition) is 5. The molecule has 0 spiro atoms. The van der Waals surface area contributed by atoms with Crippen LogP contribution in [-0.4, -0.2) is 56.7 Å². The van der Waals surface area contributed by atoms with Crippen LogP contribution in [0, 0.1) is 23.5 Å². The highest BCUT2D eigenvalue weighted by Gasteiger charge is 2.37. The molecule has 9 heteroatoms. The van der Waals surface area contributed by atoms with E-state index in [0.717, 1.165) is 37.3 Å². The van der Waals surface area contributed by atoms with Gasteiger partial charge < -0.3 is 9.80 Å². The quantitative estimate of drug-likeness (QED) is 0.467. The number of piperidine rings is 2. The zero-order valence-corrected chi connectivity index (χ0v) is 18.3. The molecule has 0 N–H and O–H groups in total. The number of aromatic nitrogens is 4. The fourth-order valence-electron chi connectivity index (χ4n) is 5.22. The Balaban J connectivity index is 1.21. The zero-order valence-electron chi connectivity index (χ0n) is 18.3. The van der Waals surface area contributed by atoms with Gasteiger partial charge in [-0.25, -0.2) is 18.4 Å². The van der Waals surface area contributed by atoms with Gasteiger partial charge in [0, 0.05) is 50.7 Å². The fraction of sp³-hybridized carbons (Fsp3) is 0.280. The summed E-state index contributed by atoms with van der Waals surface area (Å²) in [5.41, 5.74) is 2.06. The minimum atomic E-state index is -0.931. The molecule has 2 bridgehead atoms. The second-order valence-corrected chi connectivity index (χ2v) is 9.03. The smallest absolute Gasteiger partial charge is 0.256 e. The molecule has 4 aromatic rings. The van der Waals surface area contributed by atoms with E-state index < -0.39 is 11.6 Å². The van der Waals surface area contributed by atoms with E-state index in [4.69, 9.17) is 0 Å². The Bertz CT molecular complexity index is 1360. The van der Waals surface area contributed by atoms with Crippen molar-refractivity contribution in [2.24, 2.45) is 11.8 Å². The summed E-state index contributed by atoms with van der Waals surface area (Å²) in [6, 6.07) is 11.5. The number of carbonyl (C=O) groups excluding carboxylic acids is 1. The molecule has 2 aliphatic heterocycles. The molecule has 7 nitrogen and oxygen atoms in total. The van der Waals surface area contributed by atoms with Crippen LogP contribution in [0.25, 0.3) is 16.7 Å². The molecule has 172 valence electrons. The zero-order chi connectivity index (χ0) is 23.2. The Hall–Kier alpha value is -3.88. The molecule has 2 atom stereocenters. The first-order valence-electron chi connectivity index (χ1n) is 11.3. The highest BCUT2D eigenvalue weighted by atomic mass is 19.2. The van der Waals surface area contributed by atoms with Crippen LogP contribution in [0.4, 0.5) is 14.6 Å². The summed E-state index contributed by atoms with van der Waals surface area (Å²) in [4.78, 5) is 26.4. The summed E-state index contributed by atoms with van der Waals surface area (Å²) >= 11 is 0. The minimum Gasteiger partial charge on any atom is -0.355 e. The number of para-hydroxylation sites is 1. The molecule has 6 rings (SSSR count). The van der Waals surface area contributed by atoms with Gasteiger partial charge in [0.2, 0.25) is 0 Å². The number of halogens is 2. The second kappa shape index (κ2) is 8.16. The third kappa shape index (κ3) is 3.67. The molecule has 4 heterocycles. The summed E-state index contributed by atoms with van der Waals surface area (Å²) < 4.78 is 28.9. The third-order valence-corrected chi connectivity index (χ3v) is 6.65. The SMILES string of the molecule is O=C(c1ccccc1-n1cccn1)N1CC2CC(C1)CN(c1cnc3cc(F)c(F)cc3n1)C2. The van der Waals surface area contributed by atoms with Crippen LogP contribution in [0.1, 0.15) is 16.8 Å². The van der Waals surface area contributed by atoms with Gasteiger partial charge in [-0.15, -0.1) is 0 Å². The first-order chi connectivity index (χ1) is 16.5. The van der Waals surface area contributed by atoms with Gasteiger partial charge in [0.1, 0.15) is 5.82 Å². The number of benzene rings is 2. The highest BCUT2D eigenvalue weighted by Crippen LogP contribution is 2.32. The van der Waals surface area contributed by atoms with E-state index in [0.29, 0.717) is 35.5 Å². The highest BCUT2D eigenvalue weighted by molar-refractivity contribution is 5.97. The Morgan fingerprint density at radius 2 is 1.68 bits per heavy atom. The van der Waals surface area contributed by atoms with Crippen molar-refractivity contribution in [1.29, 1.82) is 0 Å². The maximum atomic E-state index is 13.7. The number of hydrogen-bond donors (Lipinski definition) is 0. The summed E-state index contributed by atoms with van der Waals surface area (Å²) in [6.45, 7) is 2.76. The molecule has 34 heavy (non-hydrogen) atoms. The molecule has 2 aromatic carbocycles. The van der Waals surface area contributed by atoms with Crippen LogP contribution in [0.3, 0.4) is 0 Å². The van der Waals surface area contributed by atoms with E-state index in [1.807, 2.05) is 41.4 Å². The molecular weight excluding hydrogens is 438 g/mol. The first-order valence-corrected chi connectivity index (χ1v) is 11.3. The number of fused-ring (bicyclic) bond motifs is 3. The molecular formula is C25H22F2N6O. The topological polar surface area (TPSA) is 67.2 Å². The Kier molecular flexibility index (Phi) is 4.97. The Morgan fingerprint density at radius 1 is 0.941 bits per heavy atom. The van der Waals surface area contributed by atoms with Gasteiger partial charge in [0.25, 0.3) is 5.91 Å². The lowest BCUT2D eigenvalue weighted by Crippen LogP contribution is -2.54. The standard InChI is InChI=1S/C25H22F2N6O/c26-19-9-21-22(10-20(19)27)30-24(11-28-21)31-12-16-8-17(13-31)15-32(14-16)25(34)18-4-1-2-5-23(18)33-7-3-6-29-33/h1-7,9-11,16-17H,8,12-15H2. The summed E-state index contributed by atoms with van der Waals surface area (Å²) in [5.74, 6) is -0.624. The number of nitrogens with zero attached hydrogens (tertiary/aromatic N) is 6. The van der Waals surface area contributed by atoms with Gasteiger partial charge in [-0.05, 0) is 36.5 Å².